The number of nitro groups is 1. The summed E-state index contributed by atoms with van der Waals surface area (Å²) in [5.41, 5.74) is 0.541. The maximum atomic E-state index is 12.5. The lowest BCUT2D eigenvalue weighted by molar-refractivity contribution is -0.384. The summed E-state index contributed by atoms with van der Waals surface area (Å²) in [6.45, 7) is 2.01. The van der Waals surface area contributed by atoms with Crippen LogP contribution in [0.15, 0.2) is 36.4 Å². The van der Waals surface area contributed by atoms with Gasteiger partial charge in [0.1, 0.15) is 5.69 Å². The average molecular weight is 406 g/mol. The third-order valence-corrected chi connectivity index (χ3v) is 4.56. The van der Waals surface area contributed by atoms with Gasteiger partial charge in [-0.05, 0) is 30.3 Å². The molecule has 0 aromatic heterocycles. The Morgan fingerprint density at radius 3 is 2.50 bits per heavy atom. The van der Waals surface area contributed by atoms with Crippen molar-refractivity contribution in [3.05, 3.63) is 62.7 Å². The molecule has 0 aliphatic carbocycles. The number of hydrogen-bond acceptors (Lipinski definition) is 6. The van der Waals surface area contributed by atoms with Crippen molar-refractivity contribution in [2.45, 2.75) is 0 Å². The molecule has 2 N–H and O–H groups in total. The largest absolute Gasteiger partial charge is 0.478 e. The van der Waals surface area contributed by atoms with Crippen LogP contribution in [0.2, 0.25) is 5.02 Å². The first kappa shape index (κ1) is 19.6. The highest BCUT2D eigenvalue weighted by atomic mass is 35.5. The van der Waals surface area contributed by atoms with Crippen LogP contribution >= 0.6 is 11.6 Å². The zero-order valence-electron chi connectivity index (χ0n) is 14.6. The molecule has 0 atom stereocenters. The molecule has 0 unspecified atom stereocenters. The van der Waals surface area contributed by atoms with Crippen molar-refractivity contribution in [1.29, 1.82) is 0 Å². The molecule has 1 amide bonds. The second-order valence-electron chi connectivity index (χ2n) is 6.01. The summed E-state index contributed by atoms with van der Waals surface area (Å²) in [7, 11) is 0. The third-order valence-electron chi connectivity index (χ3n) is 4.24. The Kier molecular flexibility index (Phi) is 5.76. The number of morpholine rings is 1. The lowest BCUT2D eigenvalue weighted by Crippen LogP contribution is -2.36. The van der Waals surface area contributed by atoms with Gasteiger partial charge in [-0.25, -0.2) is 4.79 Å². The van der Waals surface area contributed by atoms with Crippen LogP contribution in [-0.2, 0) is 4.74 Å². The number of benzene rings is 2. The third kappa shape index (κ3) is 4.21. The second-order valence-corrected chi connectivity index (χ2v) is 6.42. The highest BCUT2D eigenvalue weighted by Gasteiger charge is 2.23. The number of nitro benzene ring substituents is 1. The molecular formula is C18H16ClN3O6. The SMILES string of the molecule is O=C(Nc1ccc(C(=O)O)c(Cl)c1)c1ccc(N2CCOCC2)c([N+](=O)[O-])c1. The molecule has 10 heteroatoms. The van der Waals surface area contributed by atoms with Crippen molar-refractivity contribution >= 4 is 40.5 Å². The van der Waals surface area contributed by atoms with Crippen LogP contribution in [-0.4, -0.2) is 48.2 Å². The Labute approximate surface area is 164 Å². The van der Waals surface area contributed by atoms with Gasteiger partial charge in [-0.15, -0.1) is 0 Å². The molecule has 0 spiro atoms. The quantitative estimate of drug-likeness (QED) is 0.579. The molecule has 9 nitrogen and oxygen atoms in total. The topological polar surface area (TPSA) is 122 Å². The van der Waals surface area contributed by atoms with E-state index in [1.807, 2.05) is 4.90 Å². The summed E-state index contributed by atoms with van der Waals surface area (Å²) in [5.74, 6) is -1.76. The zero-order chi connectivity index (χ0) is 20.3. The Hall–Kier alpha value is -3.17. The van der Waals surface area contributed by atoms with Crippen molar-refractivity contribution in [1.82, 2.24) is 0 Å². The molecule has 146 valence electrons. The van der Waals surface area contributed by atoms with E-state index in [0.29, 0.717) is 32.0 Å². The molecule has 2 aromatic rings. The van der Waals surface area contributed by atoms with Gasteiger partial charge in [0.05, 0.1) is 28.7 Å². The van der Waals surface area contributed by atoms with Gasteiger partial charge < -0.3 is 20.1 Å². The minimum atomic E-state index is -1.18. The number of halogens is 1. The zero-order valence-corrected chi connectivity index (χ0v) is 15.3. The molecule has 1 aliphatic rings. The lowest BCUT2D eigenvalue weighted by atomic mass is 10.1. The fraction of sp³-hybridized carbons (Fsp3) is 0.222. The van der Waals surface area contributed by atoms with Gasteiger partial charge >= 0.3 is 5.97 Å². The van der Waals surface area contributed by atoms with Crippen molar-refractivity contribution in [2.24, 2.45) is 0 Å². The Morgan fingerprint density at radius 1 is 1.18 bits per heavy atom. The van der Waals surface area contributed by atoms with Crippen molar-refractivity contribution < 1.29 is 24.4 Å². The van der Waals surface area contributed by atoms with Crippen LogP contribution in [0.25, 0.3) is 0 Å². The van der Waals surface area contributed by atoms with E-state index < -0.39 is 16.8 Å². The molecule has 2 aromatic carbocycles. The van der Waals surface area contributed by atoms with Gasteiger partial charge in [0, 0.05) is 30.4 Å². The summed E-state index contributed by atoms with van der Waals surface area (Å²) >= 11 is 5.89. The number of carboxylic acid groups (broad SMARTS) is 1. The van der Waals surface area contributed by atoms with E-state index in [4.69, 9.17) is 21.4 Å². The van der Waals surface area contributed by atoms with Gasteiger partial charge in [-0.3, -0.25) is 14.9 Å². The van der Waals surface area contributed by atoms with E-state index in [1.165, 1.54) is 30.3 Å². The molecule has 1 heterocycles. The second kappa shape index (κ2) is 8.24. The molecule has 1 saturated heterocycles. The molecule has 0 radical (unpaired) electrons. The number of ether oxygens (including phenoxy) is 1. The van der Waals surface area contributed by atoms with E-state index in [2.05, 4.69) is 5.32 Å². The van der Waals surface area contributed by atoms with Crippen molar-refractivity contribution in [3.8, 4) is 0 Å². The molecule has 1 fully saturated rings. The molecule has 1 aliphatic heterocycles. The van der Waals surface area contributed by atoms with Gasteiger partial charge in [0.25, 0.3) is 11.6 Å². The van der Waals surface area contributed by atoms with Crippen LogP contribution in [0.5, 0.6) is 0 Å². The summed E-state index contributed by atoms with van der Waals surface area (Å²) in [6.07, 6.45) is 0. The minimum absolute atomic E-state index is 0.0288. The highest BCUT2D eigenvalue weighted by molar-refractivity contribution is 6.33. The number of carboxylic acids is 1. The highest BCUT2D eigenvalue weighted by Crippen LogP contribution is 2.30. The summed E-state index contributed by atoms with van der Waals surface area (Å²) in [6, 6.07) is 8.22. The molecule has 28 heavy (non-hydrogen) atoms. The number of carbonyl (C=O) groups excluding carboxylic acids is 1. The molecular weight excluding hydrogens is 390 g/mol. The van der Waals surface area contributed by atoms with Crippen LogP contribution in [0, 0.1) is 10.1 Å². The van der Waals surface area contributed by atoms with E-state index in [0.717, 1.165) is 0 Å². The van der Waals surface area contributed by atoms with E-state index in [9.17, 15) is 19.7 Å². The number of rotatable bonds is 5. The Balaban J connectivity index is 1.83. The Morgan fingerprint density at radius 2 is 1.89 bits per heavy atom. The van der Waals surface area contributed by atoms with Gasteiger partial charge in [0.2, 0.25) is 0 Å². The molecule has 0 bridgehead atoms. The van der Waals surface area contributed by atoms with E-state index in [1.54, 1.807) is 6.07 Å². The molecule has 3 rings (SSSR count). The lowest BCUT2D eigenvalue weighted by Gasteiger charge is -2.28. The van der Waals surface area contributed by atoms with E-state index in [-0.39, 0.29) is 27.5 Å². The van der Waals surface area contributed by atoms with Gasteiger partial charge in [0.15, 0.2) is 0 Å². The van der Waals surface area contributed by atoms with Crippen LogP contribution in [0.3, 0.4) is 0 Å². The fourth-order valence-corrected chi connectivity index (χ4v) is 3.11. The number of nitrogens with zero attached hydrogens (tertiary/aromatic N) is 2. The van der Waals surface area contributed by atoms with Crippen LogP contribution in [0.1, 0.15) is 20.7 Å². The minimum Gasteiger partial charge on any atom is -0.478 e. The predicted molar refractivity (Wildman–Crippen MR) is 102 cm³/mol. The number of anilines is 2. The van der Waals surface area contributed by atoms with Crippen LogP contribution < -0.4 is 10.2 Å². The van der Waals surface area contributed by atoms with Gasteiger partial charge in [-0.2, -0.15) is 0 Å². The standard InChI is InChI=1S/C18H16ClN3O6/c19-14-10-12(2-3-13(14)18(24)25)20-17(23)11-1-4-15(16(9-11)22(26)27)21-5-7-28-8-6-21/h1-4,9-10H,5-8H2,(H,20,23)(H,24,25). The fourth-order valence-electron chi connectivity index (χ4n) is 2.85. The first-order valence-corrected chi connectivity index (χ1v) is 8.70. The number of carbonyl (C=O) groups is 2. The summed E-state index contributed by atoms with van der Waals surface area (Å²) in [4.78, 5) is 36.3. The average Bonchev–Trinajstić information content (AvgIpc) is 2.68. The number of amides is 1. The van der Waals surface area contributed by atoms with Crippen molar-refractivity contribution in [2.75, 3.05) is 36.5 Å². The predicted octanol–water partition coefficient (Wildman–Crippen LogP) is 3.04. The van der Waals surface area contributed by atoms with E-state index >= 15 is 0 Å². The first-order chi connectivity index (χ1) is 13.4. The monoisotopic (exact) mass is 405 g/mol. The van der Waals surface area contributed by atoms with Crippen molar-refractivity contribution in [3.63, 3.8) is 0 Å². The Bertz CT molecular complexity index is 943. The smallest absolute Gasteiger partial charge is 0.337 e. The normalized spacial score (nSPS) is 13.8. The first-order valence-electron chi connectivity index (χ1n) is 8.32. The summed E-state index contributed by atoms with van der Waals surface area (Å²) < 4.78 is 5.26. The number of aromatic carboxylic acids is 1. The number of hydrogen-bond donors (Lipinski definition) is 2. The molecule has 0 saturated carbocycles. The maximum absolute atomic E-state index is 12.5. The van der Waals surface area contributed by atoms with Crippen LogP contribution in [0.4, 0.5) is 17.1 Å². The van der Waals surface area contributed by atoms with Gasteiger partial charge in [-0.1, -0.05) is 11.6 Å². The maximum Gasteiger partial charge on any atom is 0.337 e. The summed E-state index contributed by atoms with van der Waals surface area (Å²) in [5, 5.41) is 23.0. The number of nitrogens with one attached hydrogen (secondary N) is 1.